The maximum atomic E-state index is 13.4. The van der Waals surface area contributed by atoms with Crippen LogP contribution in [0.25, 0.3) is 0 Å². The van der Waals surface area contributed by atoms with Crippen LogP contribution in [0.1, 0.15) is 81.1 Å². The predicted octanol–water partition coefficient (Wildman–Crippen LogP) is 5.42. The van der Waals surface area contributed by atoms with Gasteiger partial charge in [-0.3, -0.25) is 14.4 Å². The van der Waals surface area contributed by atoms with E-state index in [0.29, 0.717) is 17.3 Å². The number of hydrogen-bond donors (Lipinski definition) is 0. The molecule has 28 heavy (non-hydrogen) atoms. The molecule has 2 fully saturated rings. The molecule has 3 unspecified atom stereocenters. The summed E-state index contributed by atoms with van der Waals surface area (Å²) in [6.45, 7) is 15.9. The first kappa shape index (κ1) is 21.5. The van der Waals surface area contributed by atoms with Gasteiger partial charge >= 0.3 is 0 Å². The molecule has 4 aliphatic rings. The lowest BCUT2D eigenvalue weighted by atomic mass is 9.47. The Morgan fingerprint density at radius 1 is 0.964 bits per heavy atom. The van der Waals surface area contributed by atoms with Gasteiger partial charge < -0.3 is 0 Å². The minimum Gasteiger partial charge on any atom is -0.298 e. The van der Waals surface area contributed by atoms with Crippen LogP contribution < -0.4 is 0 Å². The number of rotatable bonds is 5. The quantitative estimate of drug-likeness (QED) is 0.468. The van der Waals surface area contributed by atoms with E-state index in [1.54, 1.807) is 27.7 Å². The molecule has 3 nitrogen and oxygen atoms in total. The van der Waals surface area contributed by atoms with Crippen molar-refractivity contribution in [3.05, 3.63) is 11.6 Å². The van der Waals surface area contributed by atoms with E-state index < -0.39 is 16.7 Å². The molecule has 0 saturated heterocycles. The van der Waals surface area contributed by atoms with Gasteiger partial charge in [-0.05, 0) is 82.5 Å². The van der Waals surface area contributed by atoms with Crippen LogP contribution in [0.4, 0.5) is 0 Å². The van der Waals surface area contributed by atoms with Gasteiger partial charge in [-0.1, -0.05) is 39.3 Å². The van der Waals surface area contributed by atoms with Crippen LogP contribution in [0.2, 0.25) is 0 Å². The summed E-state index contributed by atoms with van der Waals surface area (Å²) in [5.41, 5.74) is -0.383. The minimum atomic E-state index is -1.08. The Balaban J connectivity index is 1.95. The zero-order chi connectivity index (χ0) is 21.2. The monoisotopic (exact) mass is 386 g/mol. The molecule has 0 spiro atoms. The normalized spacial score (nSPS) is 32.2. The van der Waals surface area contributed by atoms with Crippen molar-refractivity contribution >= 4 is 17.3 Å². The minimum absolute atomic E-state index is 0.00847. The summed E-state index contributed by atoms with van der Waals surface area (Å²) in [5.74, 6) is 0.549. The summed E-state index contributed by atoms with van der Waals surface area (Å²) in [7, 11) is 0. The molecule has 0 aliphatic heterocycles. The molecule has 156 valence electrons. The van der Waals surface area contributed by atoms with E-state index in [0.717, 1.165) is 25.2 Å². The summed E-state index contributed by atoms with van der Waals surface area (Å²) in [5, 5.41) is 0. The number of carbonyl (C=O) groups is 3. The number of carbonyl (C=O) groups excluding carboxylic acids is 3. The molecular weight excluding hydrogens is 348 g/mol. The van der Waals surface area contributed by atoms with E-state index >= 15 is 0 Å². The van der Waals surface area contributed by atoms with Gasteiger partial charge in [-0.25, -0.2) is 0 Å². The molecule has 0 N–H and O–H groups in total. The van der Waals surface area contributed by atoms with Gasteiger partial charge in [0.05, 0.1) is 16.7 Å². The second kappa shape index (κ2) is 6.64. The van der Waals surface area contributed by atoms with Gasteiger partial charge in [0.25, 0.3) is 0 Å². The highest BCUT2D eigenvalue weighted by Crippen LogP contribution is 2.60. The van der Waals surface area contributed by atoms with Crippen molar-refractivity contribution in [1.29, 1.82) is 0 Å². The van der Waals surface area contributed by atoms with Crippen LogP contribution in [0.3, 0.4) is 0 Å². The summed E-state index contributed by atoms with van der Waals surface area (Å²) in [6.07, 6.45) is 6.42. The highest BCUT2D eigenvalue weighted by molar-refractivity contribution is 6.28. The second-order valence-electron chi connectivity index (χ2n) is 11.7. The van der Waals surface area contributed by atoms with Gasteiger partial charge in [0.1, 0.15) is 0 Å². The zero-order valence-electron chi connectivity index (χ0n) is 19.0. The van der Waals surface area contributed by atoms with E-state index in [9.17, 15) is 14.4 Å². The lowest BCUT2D eigenvalue weighted by Gasteiger charge is -2.57. The first-order chi connectivity index (χ1) is 12.7. The number of allylic oxidation sites excluding steroid dienone is 2. The Morgan fingerprint density at radius 3 is 1.93 bits per heavy atom. The van der Waals surface area contributed by atoms with Crippen molar-refractivity contribution in [1.82, 2.24) is 0 Å². The lowest BCUT2D eigenvalue weighted by Crippen LogP contribution is -2.59. The van der Waals surface area contributed by atoms with Crippen molar-refractivity contribution in [2.45, 2.75) is 81.1 Å². The molecule has 2 bridgehead atoms. The molecule has 0 radical (unpaired) electrons. The topological polar surface area (TPSA) is 51.2 Å². The van der Waals surface area contributed by atoms with E-state index in [1.165, 1.54) is 12.0 Å². The molecule has 2 saturated carbocycles. The molecule has 3 heteroatoms. The molecule has 0 aromatic carbocycles. The summed E-state index contributed by atoms with van der Waals surface area (Å²) >= 11 is 0. The van der Waals surface area contributed by atoms with Crippen LogP contribution in [-0.2, 0) is 14.4 Å². The average molecular weight is 387 g/mol. The first-order valence-electron chi connectivity index (χ1n) is 11.0. The third-order valence-corrected chi connectivity index (χ3v) is 8.26. The molecule has 4 rings (SSSR count). The van der Waals surface area contributed by atoms with Gasteiger partial charge in [-0.15, -0.1) is 0 Å². The number of hydrogen-bond acceptors (Lipinski definition) is 3. The van der Waals surface area contributed by atoms with Crippen molar-refractivity contribution in [3.63, 3.8) is 0 Å². The maximum Gasteiger partial charge on any atom is 0.158 e. The number of fused-ring (bicyclic) bond motifs is 1. The Hall–Kier alpha value is -1.25. The van der Waals surface area contributed by atoms with Crippen LogP contribution in [0.5, 0.6) is 0 Å². The van der Waals surface area contributed by atoms with E-state index in [2.05, 4.69) is 33.8 Å². The van der Waals surface area contributed by atoms with E-state index in [4.69, 9.17) is 0 Å². The fraction of sp³-hybridized carbons (Fsp3) is 0.800. The van der Waals surface area contributed by atoms with Gasteiger partial charge in [0.2, 0.25) is 0 Å². The van der Waals surface area contributed by atoms with E-state index in [1.807, 2.05) is 0 Å². The highest BCUT2D eigenvalue weighted by atomic mass is 16.2. The fourth-order valence-corrected chi connectivity index (χ4v) is 6.28. The third-order valence-electron chi connectivity index (χ3n) is 8.26. The Morgan fingerprint density at radius 2 is 1.50 bits per heavy atom. The van der Waals surface area contributed by atoms with Crippen LogP contribution in [-0.4, -0.2) is 17.3 Å². The fourth-order valence-electron chi connectivity index (χ4n) is 6.28. The summed E-state index contributed by atoms with van der Waals surface area (Å²) in [4.78, 5) is 39.6. The second-order valence-corrected chi connectivity index (χ2v) is 11.7. The molecule has 4 aliphatic carbocycles. The van der Waals surface area contributed by atoms with Crippen molar-refractivity contribution in [2.24, 2.45) is 45.8 Å². The number of ketones is 3. The van der Waals surface area contributed by atoms with Crippen molar-refractivity contribution in [2.75, 3.05) is 0 Å². The van der Waals surface area contributed by atoms with Crippen LogP contribution in [0, 0.1) is 45.8 Å². The Kier molecular flexibility index (Phi) is 5.09. The molecule has 0 aromatic heterocycles. The predicted molar refractivity (Wildman–Crippen MR) is 112 cm³/mol. The average Bonchev–Trinajstić information content (AvgIpc) is 2.59. The number of Topliss-reactive ketones (excluding diaryl/α,β-unsaturated/α-hetero) is 3. The van der Waals surface area contributed by atoms with Gasteiger partial charge in [-0.2, -0.15) is 0 Å². The van der Waals surface area contributed by atoms with Crippen LogP contribution in [0.15, 0.2) is 11.6 Å². The van der Waals surface area contributed by atoms with Crippen LogP contribution >= 0.6 is 0 Å². The molecule has 0 heterocycles. The lowest BCUT2D eigenvalue weighted by molar-refractivity contribution is -0.162. The zero-order valence-corrected chi connectivity index (χ0v) is 19.0. The molecule has 0 amide bonds. The summed E-state index contributed by atoms with van der Waals surface area (Å²) in [6, 6.07) is 0. The van der Waals surface area contributed by atoms with Gasteiger partial charge in [0.15, 0.2) is 17.3 Å². The SMILES string of the molecule is CC(C)CC(CC1=CCC2CC1C2(C)C)C1C(=O)C(C)(C)C(=O)C(C)(C)C1=O. The Labute approximate surface area is 170 Å². The van der Waals surface area contributed by atoms with Gasteiger partial charge in [0, 0.05) is 0 Å². The molecule has 0 aromatic rings. The molecular formula is C25H38O3. The van der Waals surface area contributed by atoms with Crippen molar-refractivity contribution < 1.29 is 14.4 Å². The van der Waals surface area contributed by atoms with Crippen molar-refractivity contribution in [3.8, 4) is 0 Å². The Bertz CT molecular complexity index is 705. The first-order valence-corrected chi connectivity index (χ1v) is 11.0. The summed E-state index contributed by atoms with van der Waals surface area (Å²) < 4.78 is 0. The smallest absolute Gasteiger partial charge is 0.158 e. The maximum absolute atomic E-state index is 13.4. The third kappa shape index (κ3) is 3.04. The molecule has 3 atom stereocenters. The van der Waals surface area contributed by atoms with E-state index in [-0.39, 0.29) is 23.3 Å². The standard InChI is InChI=1S/C25H38O3/c1-14(2)11-16(12-15-9-10-17-13-18(15)23(17,3)4)19-20(26)24(5,6)22(28)25(7,8)21(19)27/h9,14,16-19H,10-13H2,1-8H3. The highest BCUT2D eigenvalue weighted by Gasteiger charge is 2.60. The largest absolute Gasteiger partial charge is 0.298 e.